The van der Waals surface area contributed by atoms with Crippen molar-refractivity contribution in [2.24, 2.45) is 0 Å². The first-order chi connectivity index (χ1) is 13.3. The van der Waals surface area contributed by atoms with Crippen molar-refractivity contribution in [1.82, 2.24) is 4.90 Å². The van der Waals surface area contributed by atoms with Gasteiger partial charge < -0.3 is 14.4 Å². The van der Waals surface area contributed by atoms with Crippen molar-refractivity contribution in [1.29, 1.82) is 0 Å². The molecule has 0 aliphatic rings. The van der Waals surface area contributed by atoms with E-state index in [0.29, 0.717) is 12.0 Å². The van der Waals surface area contributed by atoms with E-state index >= 15 is 0 Å². The molecule has 152 valence electrons. The molecular formula is C22H28FNO4. The maximum atomic E-state index is 12.9. The second-order valence-electron chi connectivity index (χ2n) is 6.55. The van der Waals surface area contributed by atoms with Crippen LogP contribution < -0.4 is 0 Å². The average Bonchev–Trinajstić information content (AvgIpc) is 2.63. The molecule has 0 radical (unpaired) electrons. The Kier molecular flexibility index (Phi) is 10.4. The summed E-state index contributed by atoms with van der Waals surface area (Å²) in [6.07, 6.45) is 3.73. The smallest absolute Gasteiger partial charge is 0.432 e. The highest BCUT2D eigenvalue weighted by Gasteiger charge is 2.18. The molecule has 1 amide bonds. The lowest BCUT2D eigenvalue weighted by Gasteiger charge is -2.20. The van der Waals surface area contributed by atoms with Crippen LogP contribution in [0.2, 0.25) is 0 Å². The monoisotopic (exact) mass is 389 g/mol. The number of hydrogen-bond donors (Lipinski definition) is 0. The highest BCUT2D eigenvalue weighted by atomic mass is 19.1. The number of amides is 1. The van der Waals surface area contributed by atoms with Crippen LogP contribution in [0.3, 0.4) is 0 Å². The summed E-state index contributed by atoms with van der Waals surface area (Å²) in [5.74, 6) is 5.25. The van der Waals surface area contributed by atoms with Crippen LogP contribution in [-0.4, -0.2) is 42.8 Å². The summed E-state index contributed by atoms with van der Waals surface area (Å²) in [6, 6.07) is 5.80. The van der Waals surface area contributed by atoms with Gasteiger partial charge in [-0.1, -0.05) is 37.3 Å². The lowest BCUT2D eigenvalue weighted by molar-refractivity contribution is -0.125. The van der Waals surface area contributed by atoms with Crippen molar-refractivity contribution in [3.63, 3.8) is 0 Å². The van der Waals surface area contributed by atoms with Gasteiger partial charge >= 0.3 is 6.16 Å². The molecular weight excluding hydrogens is 361 g/mol. The van der Waals surface area contributed by atoms with Gasteiger partial charge in [-0.25, -0.2) is 9.18 Å². The number of hydrogen-bond acceptors (Lipinski definition) is 4. The fourth-order valence-corrected chi connectivity index (χ4v) is 2.11. The highest BCUT2D eigenvalue weighted by molar-refractivity contribution is 5.91. The molecule has 1 rings (SSSR count). The zero-order valence-electron chi connectivity index (χ0n) is 16.9. The molecule has 1 aromatic carbocycles. The van der Waals surface area contributed by atoms with E-state index in [2.05, 4.69) is 18.8 Å². The predicted molar refractivity (Wildman–Crippen MR) is 107 cm³/mol. The number of benzene rings is 1. The van der Waals surface area contributed by atoms with E-state index in [1.165, 1.54) is 23.1 Å². The second kappa shape index (κ2) is 12.6. The average molecular weight is 389 g/mol. The summed E-state index contributed by atoms with van der Waals surface area (Å²) in [5.41, 5.74) is 0.704. The van der Waals surface area contributed by atoms with Gasteiger partial charge in [0.1, 0.15) is 5.82 Å². The number of likely N-dealkylation sites (N-methyl/N-ethyl adjacent to an activating group) is 1. The van der Waals surface area contributed by atoms with E-state index in [1.807, 2.05) is 0 Å². The second-order valence-corrected chi connectivity index (χ2v) is 6.55. The summed E-state index contributed by atoms with van der Waals surface area (Å²) in [7, 11) is 1.59. The van der Waals surface area contributed by atoms with Gasteiger partial charge in [-0.2, -0.15) is 0 Å². The number of carbonyl (C=O) groups is 2. The lowest BCUT2D eigenvalue weighted by atomic mass is 10.2. The first kappa shape index (κ1) is 23.2. The topological polar surface area (TPSA) is 55.8 Å². The molecule has 0 heterocycles. The summed E-state index contributed by atoms with van der Waals surface area (Å²) >= 11 is 0. The Hall–Kier alpha value is -2.81. The standard InChI is InChI=1S/C22H28FNO4/c1-5-6-7-8-9-20(28-22(26)27-17(2)3)16-24(4)21(25)15-12-18-10-13-19(23)14-11-18/h10-15,17,20H,5-7,16H2,1-4H3/b15-12+. The van der Waals surface area contributed by atoms with Gasteiger partial charge in [-0.15, -0.1) is 0 Å². The summed E-state index contributed by atoms with van der Waals surface area (Å²) in [5, 5.41) is 0. The molecule has 5 nitrogen and oxygen atoms in total. The van der Waals surface area contributed by atoms with Gasteiger partial charge in [0.05, 0.1) is 12.6 Å². The molecule has 28 heavy (non-hydrogen) atoms. The van der Waals surface area contributed by atoms with E-state index in [4.69, 9.17) is 9.47 Å². The summed E-state index contributed by atoms with van der Waals surface area (Å²) < 4.78 is 23.2. The minimum Gasteiger partial charge on any atom is -0.432 e. The summed E-state index contributed by atoms with van der Waals surface area (Å²) in [6.45, 7) is 5.62. The fourth-order valence-electron chi connectivity index (χ4n) is 2.11. The Morgan fingerprint density at radius 3 is 2.50 bits per heavy atom. The van der Waals surface area contributed by atoms with Crippen molar-refractivity contribution in [2.45, 2.75) is 52.2 Å². The Balaban J connectivity index is 2.71. The molecule has 0 aromatic heterocycles. The lowest BCUT2D eigenvalue weighted by Crippen LogP contribution is -2.35. The molecule has 0 saturated carbocycles. The Labute approximate surface area is 166 Å². The molecule has 1 atom stereocenters. The van der Waals surface area contributed by atoms with Gasteiger partial charge in [-0.05, 0) is 44.0 Å². The van der Waals surface area contributed by atoms with E-state index in [-0.39, 0.29) is 24.4 Å². The first-order valence-electron chi connectivity index (χ1n) is 9.36. The maximum Gasteiger partial charge on any atom is 0.509 e. The molecule has 6 heteroatoms. The molecule has 0 aliphatic carbocycles. The summed E-state index contributed by atoms with van der Waals surface area (Å²) in [4.78, 5) is 25.5. The van der Waals surface area contributed by atoms with Crippen molar-refractivity contribution < 1.29 is 23.5 Å². The van der Waals surface area contributed by atoms with Gasteiger partial charge in [0.25, 0.3) is 0 Å². The molecule has 1 aromatic rings. The van der Waals surface area contributed by atoms with Gasteiger partial charge in [0, 0.05) is 19.5 Å². The Morgan fingerprint density at radius 1 is 1.21 bits per heavy atom. The van der Waals surface area contributed by atoms with Crippen LogP contribution in [0.25, 0.3) is 6.08 Å². The fraction of sp³-hybridized carbons (Fsp3) is 0.455. The van der Waals surface area contributed by atoms with Crippen LogP contribution >= 0.6 is 0 Å². The molecule has 0 bridgehead atoms. The van der Waals surface area contributed by atoms with Crippen LogP contribution in [0.1, 0.15) is 45.6 Å². The van der Waals surface area contributed by atoms with Crippen LogP contribution in [-0.2, 0) is 14.3 Å². The maximum absolute atomic E-state index is 12.9. The number of unbranched alkanes of at least 4 members (excludes halogenated alkanes) is 2. The van der Waals surface area contributed by atoms with E-state index < -0.39 is 12.3 Å². The van der Waals surface area contributed by atoms with Crippen LogP contribution in [0, 0.1) is 17.7 Å². The predicted octanol–water partition coefficient (Wildman–Crippen LogP) is 4.42. The van der Waals surface area contributed by atoms with Gasteiger partial charge in [-0.3, -0.25) is 4.79 Å². The van der Waals surface area contributed by atoms with Crippen molar-refractivity contribution in [2.75, 3.05) is 13.6 Å². The largest absolute Gasteiger partial charge is 0.509 e. The zero-order valence-corrected chi connectivity index (χ0v) is 16.9. The van der Waals surface area contributed by atoms with Gasteiger partial charge in [0.2, 0.25) is 5.91 Å². The third-order valence-electron chi connectivity index (χ3n) is 3.59. The molecule has 1 unspecified atom stereocenters. The van der Waals surface area contributed by atoms with E-state index in [9.17, 15) is 14.0 Å². The first-order valence-corrected chi connectivity index (χ1v) is 9.36. The Morgan fingerprint density at radius 2 is 1.89 bits per heavy atom. The zero-order chi connectivity index (χ0) is 20.9. The SMILES string of the molecule is CCCCC#CC(CN(C)C(=O)/C=C/c1ccc(F)cc1)OC(=O)OC(C)C. The van der Waals surface area contributed by atoms with Crippen molar-refractivity contribution in [3.8, 4) is 11.8 Å². The normalized spacial score (nSPS) is 11.6. The molecule has 0 N–H and O–H groups in total. The Bertz CT molecular complexity index is 716. The minimum absolute atomic E-state index is 0.110. The molecule has 0 fully saturated rings. The van der Waals surface area contributed by atoms with Crippen LogP contribution in [0.5, 0.6) is 0 Å². The number of halogens is 1. The molecule has 0 aliphatic heterocycles. The third-order valence-corrected chi connectivity index (χ3v) is 3.59. The quantitative estimate of drug-likeness (QED) is 0.286. The van der Waals surface area contributed by atoms with E-state index in [0.717, 1.165) is 12.8 Å². The number of ether oxygens (including phenoxy) is 2. The van der Waals surface area contributed by atoms with E-state index in [1.54, 1.807) is 39.1 Å². The minimum atomic E-state index is -0.813. The molecule has 0 saturated heterocycles. The van der Waals surface area contributed by atoms with Crippen LogP contribution in [0.15, 0.2) is 30.3 Å². The van der Waals surface area contributed by atoms with Crippen molar-refractivity contribution >= 4 is 18.1 Å². The highest BCUT2D eigenvalue weighted by Crippen LogP contribution is 2.06. The number of carbonyl (C=O) groups excluding carboxylic acids is 2. The van der Waals surface area contributed by atoms with Gasteiger partial charge in [0.15, 0.2) is 6.10 Å². The third kappa shape index (κ3) is 9.77. The molecule has 0 spiro atoms. The number of rotatable bonds is 8. The van der Waals surface area contributed by atoms with Crippen LogP contribution in [0.4, 0.5) is 9.18 Å². The number of nitrogens with zero attached hydrogens (tertiary/aromatic N) is 1. The van der Waals surface area contributed by atoms with Crippen molar-refractivity contribution in [3.05, 3.63) is 41.7 Å².